The first kappa shape index (κ1) is 24.7. The van der Waals surface area contributed by atoms with E-state index in [4.69, 9.17) is 0 Å². The quantitative estimate of drug-likeness (QED) is 0.203. The molecule has 2 nitrogen and oxygen atoms in total. The molecule has 0 N–H and O–H groups in total. The molecule has 0 radical (unpaired) electrons. The molecule has 0 aliphatic carbocycles. The lowest BCUT2D eigenvalue weighted by molar-refractivity contribution is 1.18. The van der Waals surface area contributed by atoms with Gasteiger partial charge in [0.25, 0.3) is 0 Å². The van der Waals surface area contributed by atoms with Crippen LogP contribution in [0.25, 0.3) is 77.2 Å². The lowest BCUT2D eigenvalue weighted by Crippen LogP contribution is -1.96. The highest BCUT2D eigenvalue weighted by atomic mass is 15.0. The first-order valence-corrected chi connectivity index (χ1v) is 15.1. The molecule has 0 unspecified atom stereocenters. The van der Waals surface area contributed by atoms with Crippen LogP contribution >= 0.6 is 0 Å². The summed E-state index contributed by atoms with van der Waals surface area (Å²) in [6.07, 6.45) is 0. The predicted molar refractivity (Wildman–Crippen MR) is 186 cm³/mol. The van der Waals surface area contributed by atoms with E-state index in [1.807, 2.05) is 0 Å². The highest BCUT2D eigenvalue weighted by molar-refractivity contribution is 6.20. The zero-order valence-corrected chi connectivity index (χ0v) is 24.1. The third kappa shape index (κ3) is 3.68. The molecule has 2 heterocycles. The van der Waals surface area contributed by atoms with E-state index < -0.39 is 0 Å². The van der Waals surface area contributed by atoms with Gasteiger partial charge in [0.15, 0.2) is 0 Å². The minimum atomic E-state index is 1.15. The van der Waals surface area contributed by atoms with Gasteiger partial charge in [-0.3, -0.25) is 0 Å². The van der Waals surface area contributed by atoms with E-state index in [0.29, 0.717) is 0 Å². The summed E-state index contributed by atoms with van der Waals surface area (Å²) >= 11 is 0. The number of fused-ring (bicyclic) bond motifs is 6. The fraction of sp³-hybridized carbons (Fsp3) is 0. The molecule has 0 saturated heterocycles. The summed E-state index contributed by atoms with van der Waals surface area (Å²) in [6, 6.07) is 61.3. The van der Waals surface area contributed by atoms with Crippen molar-refractivity contribution in [1.82, 2.24) is 9.13 Å². The highest BCUT2D eigenvalue weighted by Crippen LogP contribution is 2.43. The molecule has 0 fully saturated rings. The SMILES string of the molecule is c1ccc(-c2ccc(-n3c4ccccc4c4cccc(-c5cccc6c5c5ccccc5n6-c5ccccc5)c43)cc2)cc1. The van der Waals surface area contributed by atoms with Crippen molar-refractivity contribution in [3.63, 3.8) is 0 Å². The molecule has 9 rings (SSSR count). The maximum Gasteiger partial charge on any atom is 0.0619 e. The molecule has 0 aliphatic heterocycles. The molecule has 206 valence electrons. The molecular formula is C42H28N2. The fourth-order valence-corrected chi connectivity index (χ4v) is 7.04. The monoisotopic (exact) mass is 560 g/mol. The van der Waals surface area contributed by atoms with E-state index in [1.54, 1.807) is 0 Å². The molecule has 9 aromatic rings. The Balaban J connectivity index is 1.36. The van der Waals surface area contributed by atoms with Crippen molar-refractivity contribution in [1.29, 1.82) is 0 Å². The van der Waals surface area contributed by atoms with E-state index in [0.717, 1.165) is 5.69 Å². The van der Waals surface area contributed by atoms with Crippen LogP contribution in [0.2, 0.25) is 0 Å². The number of nitrogens with zero attached hydrogens (tertiary/aromatic N) is 2. The van der Waals surface area contributed by atoms with Gasteiger partial charge in [-0.15, -0.1) is 0 Å². The summed E-state index contributed by atoms with van der Waals surface area (Å²) in [6.45, 7) is 0. The lowest BCUT2D eigenvalue weighted by atomic mass is 9.97. The first-order chi connectivity index (χ1) is 21.9. The number of benzene rings is 7. The summed E-state index contributed by atoms with van der Waals surface area (Å²) in [5.74, 6) is 0. The van der Waals surface area contributed by atoms with Crippen molar-refractivity contribution in [3.8, 4) is 33.6 Å². The average Bonchev–Trinajstić information content (AvgIpc) is 3.62. The third-order valence-corrected chi connectivity index (χ3v) is 8.93. The van der Waals surface area contributed by atoms with Crippen molar-refractivity contribution in [2.75, 3.05) is 0 Å². The van der Waals surface area contributed by atoms with E-state index in [2.05, 4.69) is 179 Å². The standard InChI is InChI=1S/C42H28N2/c1-3-13-29(14-4-1)30-25-27-32(28-26-30)44-38-22-9-7-17-33(38)35-20-11-21-36(42(35)44)34-19-12-24-40-41(34)37-18-8-10-23-39(37)43(40)31-15-5-2-6-16-31/h1-28H. The summed E-state index contributed by atoms with van der Waals surface area (Å²) in [5, 5.41) is 5.05. The van der Waals surface area contributed by atoms with Gasteiger partial charge in [-0.1, -0.05) is 127 Å². The molecule has 0 spiro atoms. The van der Waals surface area contributed by atoms with Gasteiger partial charge >= 0.3 is 0 Å². The van der Waals surface area contributed by atoms with Crippen LogP contribution in [0.1, 0.15) is 0 Å². The van der Waals surface area contributed by atoms with Crippen LogP contribution in [0.3, 0.4) is 0 Å². The molecular weight excluding hydrogens is 532 g/mol. The Labute approximate surface area is 255 Å². The van der Waals surface area contributed by atoms with Gasteiger partial charge in [-0.2, -0.15) is 0 Å². The summed E-state index contributed by atoms with van der Waals surface area (Å²) < 4.78 is 4.84. The molecule has 0 amide bonds. The van der Waals surface area contributed by atoms with Crippen molar-refractivity contribution in [2.45, 2.75) is 0 Å². The van der Waals surface area contributed by atoms with Crippen LogP contribution in [0, 0.1) is 0 Å². The fourth-order valence-electron chi connectivity index (χ4n) is 7.04. The summed E-state index contributed by atoms with van der Waals surface area (Å²) in [7, 11) is 0. The van der Waals surface area contributed by atoms with E-state index in [-0.39, 0.29) is 0 Å². The van der Waals surface area contributed by atoms with Crippen LogP contribution in [0.5, 0.6) is 0 Å². The number of hydrogen-bond acceptors (Lipinski definition) is 0. The van der Waals surface area contributed by atoms with Crippen molar-refractivity contribution >= 4 is 43.6 Å². The Morgan fingerprint density at radius 2 is 0.818 bits per heavy atom. The van der Waals surface area contributed by atoms with Crippen LogP contribution in [0.4, 0.5) is 0 Å². The van der Waals surface area contributed by atoms with E-state index >= 15 is 0 Å². The third-order valence-electron chi connectivity index (χ3n) is 8.93. The maximum atomic E-state index is 2.45. The van der Waals surface area contributed by atoms with Crippen molar-refractivity contribution in [2.24, 2.45) is 0 Å². The minimum absolute atomic E-state index is 1.15. The molecule has 0 atom stereocenters. The van der Waals surface area contributed by atoms with E-state index in [9.17, 15) is 0 Å². The van der Waals surface area contributed by atoms with Crippen LogP contribution in [-0.4, -0.2) is 9.13 Å². The first-order valence-electron chi connectivity index (χ1n) is 15.1. The topological polar surface area (TPSA) is 9.86 Å². The van der Waals surface area contributed by atoms with Crippen molar-refractivity contribution in [3.05, 3.63) is 170 Å². The van der Waals surface area contributed by atoms with Gasteiger partial charge < -0.3 is 9.13 Å². The zero-order valence-electron chi connectivity index (χ0n) is 24.1. The Hall–Kier alpha value is -5.86. The smallest absolute Gasteiger partial charge is 0.0619 e. The Morgan fingerprint density at radius 1 is 0.295 bits per heavy atom. The van der Waals surface area contributed by atoms with Gasteiger partial charge in [0, 0.05) is 38.5 Å². The molecule has 0 bridgehead atoms. The normalized spacial score (nSPS) is 11.6. The predicted octanol–water partition coefficient (Wildman–Crippen LogP) is 11.2. The van der Waals surface area contributed by atoms with Crippen LogP contribution < -0.4 is 0 Å². The van der Waals surface area contributed by atoms with Crippen LogP contribution in [-0.2, 0) is 0 Å². The Kier molecular flexibility index (Phi) is 5.54. The summed E-state index contributed by atoms with van der Waals surface area (Å²) in [4.78, 5) is 0. The number of rotatable bonds is 4. The second-order valence-electron chi connectivity index (χ2n) is 11.4. The Morgan fingerprint density at radius 3 is 1.59 bits per heavy atom. The number of para-hydroxylation sites is 4. The Bertz CT molecular complexity index is 2460. The molecule has 44 heavy (non-hydrogen) atoms. The molecule has 2 heteroatoms. The highest BCUT2D eigenvalue weighted by Gasteiger charge is 2.20. The van der Waals surface area contributed by atoms with Gasteiger partial charge in [0.2, 0.25) is 0 Å². The molecule has 0 aliphatic rings. The number of hydrogen-bond donors (Lipinski definition) is 0. The van der Waals surface area contributed by atoms with Gasteiger partial charge in [-0.05, 0) is 59.2 Å². The minimum Gasteiger partial charge on any atom is -0.309 e. The molecule has 7 aromatic carbocycles. The van der Waals surface area contributed by atoms with Gasteiger partial charge in [0.1, 0.15) is 0 Å². The maximum absolute atomic E-state index is 2.45. The average molecular weight is 561 g/mol. The van der Waals surface area contributed by atoms with Gasteiger partial charge in [-0.25, -0.2) is 0 Å². The van der Waals surface area contributed by atoms with Crippen LogP contribution in [0.15, 0.2) is 170 Å². The zero-order chi connectivity index (χ0) is 29.0. The number of aromatic nitrogens is 2. The van der Waals surface area contributed by atoms with Crippen molar-refractivity contribution < 1.29 is 0 Å². The second kappa shape index (κ2) is 9.86. The second-order valence-corrected chi connectivity index (χ2v) is 11.4. The largest absolute Gasteiger partial charge is 0.309 e. The molecule has 2 aromatic heterocycles. The lowest BCUT2D eigenvalue weighted by Gasteiger charge is -2.14. The summed E-state index contributed by atoms with van der Waals surface area (Å²) in [5.41, 5.74) is 12.1. The molecule has 0 saturated carbocycles. The van der Waals surface area contributed by atoms with Gasteiger partial charge in [0.05, 0.1) is 22.1 Å². The van der Waals surface area contributed by atoms with E-state index in [1.165, 1.54) is 71.6 Å².